The molecule has 132 valence electrons. The van der Waals surface area contributed by atoms with E-state index in [1.807, 2.05) is 0 Å². The fraction of sp³-hybridized carbons (Fsp3) is 0.118. The number of aromatic nitrogens is 4. The van der Waals surface area contributed by atoms with Gasteiger partial charge in [0.25, 0.3) is 11.5 Å². The normalized spacial score (nSPS) is 10.7. The van der Waals surface area contributed by atoms with Gasteiger partial charge in [-0.15, -0.1) is 0 Å². The first-order valence-corrected chi connectivity index (χ1v) is 7.88. The Morgan fingerprint density at radius 3 is 2.62 bits per heavy atom. The molecule has 0 aliphatic rings. The lowest BCUT2D eigenvalue weighted by Crippen LogP contribution is -2.25. The fourth-order valence-corrected chi connectivity index (χ4v) is 2.58. The van der Waals surface area contributed by atoms with Crippen LogP contribution in [0.4, 0.5) is 4.39 Å². The van der Waals surface area contributed by atoms with Gasteiger partial charge in [0.15, 0.2) is 5.69 Å². The molecule has 2 heterocycles. The van der Waals surface area contributed by atoms with Gasteiger partial charge in [-0.3, -0.25) is 9.59 Å². The molecule has 0 spiro atoms. The van der Waals surface area contributed by atoms with E-state index in [4.69, 9.17) is 17.3 Å². The first-order chi connectivity index (χ1) is 12.3. The van der Waals surface area contributed by atoms with E-state index in [2.05, 4.69) is 15.3 Å². The zero-order valence-electron chi connectivity index (χ0n) is 13.6. The van der Waals surface area contributed by atoms with Crippen molar-refractivity contribution in [3.05, 3.63) is 74.5 Å². The Kier molecular flexibility index (Phi) is 4.77. The molecule has 7 nitrogen and oxygen atoms in total. The molecule has 0 saturated heterocycles. The van der Waals surface area contributed by atoms with Gasteiger partial charge in [0.05, 0.1) is 16.4 Å². The first-order valence-electron chi connectivity index (χ1n) is 7.50. The Labute approximate surface area is 152 Å². The Hall–Kier alpha value is -3.13. The number of halogens is 2. The average Bonchev–Trinajstić information content (AvgIpc) is 2.61. The standard InChI is InChI=1S/C17H13ClFN5O2/c1-24-15(25)8-11(16(23-24)17(20)26)14-5-3-10(21-22-14)6-9-2-4-13(19)12(18)7-9/h2-5,7-8H,6H2,1H3,(H2,20,26). The van der Waals surface area contributed by atoms with E-state index in [9.17, 15) is 14.0 Å². The topological polar surface area (TPSA) is 104 Å². The monoisotopic (exact) mass is 373 g/mol. The molecule has 1 amide bonds. The zero-order valence-corrected chi connectivity index (χ0v) is 14.4. The predicted molar refractivity (Wildman–Crippen MR) is 93.2 cm³/mol. The van der Waals surface area contributed by atoms with Crippen molar-refractivity contribution < 1.29 is 9.18 Å². The lowest BCUT2D eigenvalue weighted by atomic mass is 10.1. The summed E-state index contributed by atoms with van der Waals surface area (Å²) in [5.74, 6) is -1.27. The zero-order chi connectivity index (χ0) is 18.8. The van der Waals surface area contributed by atoms with Crippen molar-refractivity contribution in [1.82, 2.24) is 20.0 Å². The molecule has 2 N–H and O–H groups in total. The molecule has 26 heavy (non-hydrogen) atoms. The second kappa shape index (κ2) is 7.01. The van der Waals surface area contributed by atoms with Gasteiger partial charge in [-0.1, -0.05) is 17.7 Å². The number of rotatable bonds is 4. The fourth-order valence-electron chi connectivity index (χ4n) is 2.37. The highest BCUT2D eigenvalue weighted by Crippen LogP contribution is 2.20. The van der Waals surface area contributed by atoms with Crippen LogP contribution in [0, 0.1) is 5.82 Å². The molecular formula is C17H13ClFN5O2. The van der Waals surface area contributed by atoms with Crippen molar-refractivity contribution in [2.45, 2.75) is 6.42 Å². The number of carbonyl (C=O) groups excluding carboxylic acids is 1. The highest BCUT2D eigenvalue weighted by molar-refractivity contribution is 6.30. The van der Waals surface area contributed by atoms with Crippen LogP contribution in [0.25, 0.3) is 11.3 Å². The van der Waals surface area contributed by atoms with Gasteiger partial charge < -0.3 is 5.73 Å². The number of amides is 1. The van der Waals surface area contributed by atoms with Crippen LogP contribution in [0.2, 0.25) is 5.02 Å². The molecule has 0 aliphatic heterocycles. The number of hydrogen-bond donors (Lipinski definition) is 1. The average molecular weight is 374 g/mol. The Morgan fingerprint density at radius 1 is 1.23 bits per heavy atom. The van der Waals surface area contributed by atoms with Crippen molar-refractivity contribution in [2.75, 3.05) is 0 Å². The van der Waals surface area contributed by atoms with Crippen LogP contribution in [0.15, 0.2) is 41.2 Å². The van der Waals surface area contributed by atoms with Gasteiger partial charge in [-0.25, -0.2) is 9.07 Å². The molecule has 1 aromatic carbocycles. The van der Waals surface area contributed by atoms with E-state index in [1.54, 1.807) is 18.2 Å². The minimum atomic E-state index is -0.776. The number of primary amides is 1. The maximum Gasteiger partial charge on any atom is 0.269 e. The van der Waals surface area contributed by atoms with Gasteiger partial charge in [0.2, 0.25) is 0 Å². The Bertz CT molecular complexity index is 1050. The molecule has 9 heteroatoms. The van der Waals surface area contributed by atoms with E-state index in [1.165, 1.54) is 25.2 Å². The second-order valence-electron chi connectivity index (χ2n) is 5.57. The second-order valence-corrected chi connectivity index (χ2v) is 5.98. The third kappa shape index (κ3) is 3.60. The number of nitrogens with two attached hydrogens (primary N) is 1. The van der Waals surface area contributed by atoms with Gasteiger partial charge >= 0.3 is 0 Å². The van der Waals surface area contributed by atoms with Gasteiger partial charge in [0, 0.05) is 25.1 Å². The molecule has 3 aromatic rings. The van der Waals surface area contributed by atoms with Crippen LogP contribution in [-0.4, -0.2) is 25.9 Å². The van der Waals surface area contributed by atoms with Gasteiger partial charge in [-0.2, -0.15) is 15.3 Å². The first kappa shape index (κ1) is 17.7. The highest BCUT2D eigenvalue weighted by Gasteiger charge is 2.16. The molecule has 0 atom stereocenters. The number of aryl methyl sites for hydroxylation is 1. The van der Waals surface area contributed by atoms with Crippen molar-refractivity contribution in [3.8, 4) is 11.3 Å². The lowest BCUT2D eigenvalue weighted by molar-refractivity contribution is 0.0994. The lowest BCUT2D eigenvalue weighted by Gasteiger charge is -2.07. The summed E-state index contributed by atoms with van der Waals surface area (Å²) in [5, 5.41) is 12.0. The molecule has 0 saturated carbocycles. The van der Waals surface area contributed by atoms with E-state index < -0.39 is 17.3 Å². The molecule has 2 aromatic heterocycles. The highest BCUT2D eigenvalue weighted by atomic mass is 35.5. The molecule has 0 fully saturated rings. The summed E-state index contributed by atoms with van der Waals surface area (Å²) in [7, 11) is 1.42. The number of benzene rings is 1. The quantitative estimate of drug-likeness (QED) is 0.749. The van der Waals surface area contributed by atoms with Crippen LogP contribution in [0.5, 0.6) is 0 Å². The predicted octanol–water partition coefficient (Wildman–Crippen LogP) is 1.72. The molecule has 0 bridgehead atoms. The van der Waals surface area contributed by atoms with Crippen molar-refractivity contribution in [2.24, 2.45) is 12.8 Å². The molecule has 3 rings (SSSR count). The minimum Gasteiger partial charge on any atom is -0.364 e. The van der Waals surface area contributed by atoms with E-state index in [0.29, 0.717) is 17.8 Å². The van der Waals surface area contributed by atoms with E-state index in [-0.39, 0.29) is 16.3 Å². The molecular weight excluding hydrogens is 361 g/mol. The molecule has 0 unspecified atom stereocenters. The summed E-state index contributed by atoms with van der Waals surface area (Å²) in [6.45, 7) is 0. The Morgan fingerprint density at radius 2 is 2.00 bits per heavy atom. The largest absolute Gasteiger partial charge is 0.364 e. The summed E-state index contributed by atoms with van der Waals surface area (Å²) in [6.07, 6.45) is 0.394. The van der Waals surface area contributed by atoms with Gasteiger partial charge in [0.1, 0.15) is 5.82 Å². The van der Waals surface area contributed by atoms with E-state index >= 15 is 0 Å². The summed E-state index contributed by atoms with van der Waals surface area (Å²) in [6, 6.07) is 8.92. The minimum absolute atomic E-state index is 0.0318. The van der Waals surface area contributed by atoms with Crippen molar-refractivity contribution >= 4 is 17.5 Å². The maximum atomic E-state index is 13.2. The van der Waals surface area contributed by atoms with Crippen LogP contribution in [0.1, 0.15) is 21.7 Å². The summed E-state index contributed by atoms with van der Waals surface area (Å²) >= 11 is 5.77. The third-order valence-corrected chi connectivity index (χ3v) is 3.98. The molecule has 0 aliphatic carbocycles. The van der Waals surface area contributed by atoms with Crippen LogP contribution in [-0.2, 0) is 13.5 Å². The van der Waals surface area contributed by atoms with Crippen molar-refractivity contribution in [3.63, 3.8) is 0 Å². The SMILES string of the molecule is Cn1nc(C(N)=O)c(-c2ccc(Cc3ccc(F)c(Cl)c3)nn2)cc1=O. The van der Waals surface area contributed by atoms with Gasteiger partial charge in [-0.05, 0) is 29.8 Å². The molecule has 0 radical (unpaired) electrons. The third-order valence-electron chi connectivity index (χ3n) is 3.69. The Balaban J connectivity index is 1.93. The summed E-state index contributed by atoms with van der Waals surface area (Å²) < 4.78 is 14.2. The summed E-state index contributed by atoms with van der Waals surface area (Å²) in [5.41, 5.74) is 6.73. The summed E-state index contributed by atoms with van der Waals surface area (Å²) in [4.78, 5) is 23.4. The van der Waals surface area contributed by atoms with E-state index in [0.717, 1.165) is 10.2 Å². The smallest absolute Gasteiger partial charge is 0.269 e. The van der Waals surface area contributed by atoms with Crippen LogP contribution in [0.3, 0.4) is 0 Å². The number of nitrogens with zero attached hydrogens (tertiary/aromatic N) is 4. The number of hydrogen-bond acceptors (Lipinski definition) is 5. The van der Waals surface area contributed by atoms with Crippen LogP contribution < -0.4 is 11.3 Å². The van der Waals surface area contributed by atoms with Crippen LogP contribution >= 0.6 is 11.6 Å². The maximum absolute atomic E-state index is 13.2. The van der Waals surface area contributed by atoms with Crippen molar-refractivity contribution in [1.29, 1.82) is 0 Å². The number of carbonyl (C=O) groups is 1.